The second-order valence-corrected chi connectivity index (χ2v) is 7.21. The maximum atomic E-state index is 13.6. The zero-order valence-corrected chi connectivity index (χ0v) is 17.4. The van der Waals surface area contributed by atoms with E-state index in [-0.39, 0.29) is 11.9 Å². The molecule has 0 spiro atoms. The third-order valence-corrected chi connectivity index (χ3v) is 5.37. The van der Waals surface area contributed by atoms with Gasteiger partial charge in [0.1, 0.15) is 17.7 Å². The largest absolute Gasteiger partial charge is 0.496 e. The molecule has 7 heteroatoms. The number of halogens is 1. The van der Waals surface area contributed by atoms with Gasteiger partial charge in [-0.2, -0.15) is 0 Å². The first-order chi connectivity index (χ1) is 14.6. The van der Waals surface area contributed by atoms with Crippen LogP contribution < -0.4 is 14.2 Å². The molecule has 2 heterocycles. The third kappa shape index (κ3) is 4.17. The lowest BCUT2D eigenvalue weighted by molar-refractivity contribution is -0.0351. The summed E-state index contributed by atoms with van der Waals surface area (Å²) in [6, 6.07) is 10.4. The minimum atomic E-state index is -0.258. The molecule has 0 aliphatic carbocycles. The molecule has 0 unspecified atom stereocenters. The molecule has 6 nitrogen and oxygen atoms in total. The maximum Gasteiger partial charge on any atom is 0.164 e. The number of fused-ring (bicyclic) bond motifs is 1. The van der Waals surface area contributed by atoms with E-state index in [9.17, 15) is 4.39 Å². The van der Waals surface area contributed by atoms with Crippen LogP contribution in [0.4, 0.5) is 4.39 Å². The van der Waals surface area contributed by atoms with Gasteiger partial charge in [-0.15, -0.1) is 0 Å². The Labute approximate surface area is 175 Å². The molecule has 158 valence electrons. The summed E-state index contributed by atoms with van der Waals surface area (Å²) in [6.07, 6.45) is 1.58. The fraction of sp³-hybridized carbons (Fsp3) is 0.348. The monoisotopic (exact) mass is 412 g/mol. The van der Waals surface area contributed by atoms with E-state index in [0.717, 1.165) is 34.3 Å². The van der Waals surface area contributed by atoms with E-state index in [1.807, 2.05) is 18.2 Å². The standard InChI is InChI=1S/C23H25FN2O4/c1-27-20-11-22(29-3)21(28-2)10-17(20)13-26-6-7-30-23(14-26)19-9-16-8-18(24)5-4-15(16)12-25-19/h4-5,8-12,23H,6-7,13-14H2,1-3H3/t23-/m1/s1. The lowest BCUT2D eigenvalue weighted by Gasteiger charge is -2.33. The number of morpholine rings is 1. The lowest BCUT2D eigenvalue weighted by atomic mass is 10.1. The number of rotatable bonds is 6. The molecular weight excluding hydrogens is 387 g/mol. The number of hydrogen-bond acceptors (Lipinski definition) is 6. The minimum Gasteiger partial charge on any atom is -0.496 e. The molecule has 0 bridgehead atoms. The average molecular weight is 412 g/mol. The summed E-state index contributed by atoms with van der Waals surface area (Å²) < 4.78 is 36.0. The van der Waals surface area contributed by atoms with Gasteiger partial charge in [0.2, 0.25) is 0 Å². The van der Waals surface area contributed by atoms with Gasteiger partial charge in [-0.25, -0.2) is 4.39 Å². The molecule has 1 fully saturated rings. The van der Waals surface area contributed by atoms with E-state index in [2.05, 4.69) is 9.88 Å². The van der Waals surface area contributed by atoms with Crippen molar-refractivity contribution in [3.63, 3.8) is 0 Å². The summed E-state index contributed by atoms with van der Waals surface area (Å²) in [5.41, 5.74) is 1.81. The normalized spacial score (nSPS) is 17.1. The number of methoxy groups -OCH3 is 3. The van der Waals surface area contributed by atoms with Crippen LogP contribution in [0.2, 0.25) is 0 Å². The van der Waals surface area contributed by atoms with Crippen LogP contribution in [0.1, 0.15) is 17.4 Å². The predicted octanol–water partition coefficient (Wildman–Crippen LogP) is 3.97. The number of ether oxygens (including phenoxy) is 4. The van der Waals surface area contributed by atoms with Gasteiger partial charge >= 0.3 is 0 Å². The quantitative estimate of drug-likeness (QED) is 0.611. The van der Waals surface area contributed by atoms with Gasteiger partial charge in [-0.3, -0.25) is 9.88 Å². The van der Waals surface area contributed by atoms with Crippen LogP contribution in [0.15, 0.2) is 42.6 Å². The van der Waals surface area contributed by atoms with Crippen LogP contribution in [-0.2, 0) is 11.3 Å². The highest BCUT2D eigenvalue weighted by Crippen LogP contribution is 2.36. The predicted molar refractivity (Wildman–Crippen MR) is 112 cm³/mol. The highest BCUT2D eigenvalue weighted by atomic mass is 19.1. The summed E-state index contributed by atoms with van der Waals surface area (Å²) in [6.45, 7) is 2.72. The smallest absolute Gasteiger partial charge is 0.164 e. The van der Waals surface area contributed by atoms with Crippen molar-refractivity contribution in [3.05, 3.63) is 59.7 Å². The summed E-state index contributed by atoms with van der Waals surface area (Å²) in [7, 11) is 4.87. The van der Waals surface area contributed by atoms with Crippen LogP contribution in [0.3, 0.4) is 0 Å². The molecule has 1 aliphatic heterocycles. The van der Waals surface area contributed by atoms with Crippen molar-refractivity contribution in [1.82, 2.24) is 9.88 Å². The first kappa shape index (κ1) is 20.4. The molecule has 1 aromatic heterocycles. The Kier molecular flexibility index (Phi) is 6.01. The van der Waals surface area contributed by atoms with E-state index in [1.54, 1.807) is 33.6 Å². The molecule has 2 aromatic carbocycles. The Bertz CT molecular complexity index is 1040. The minimum absolute atomic E-state index is 0.183. The zero-order valence-electron chi connectivity index (χ0n) is 17.4. The van der Waals surface area contributed by atoms with Crippen molar-refractivity contribution in [3.8, 4) is 17.2 Å². The SMILES string of the molecule is COc1cc(OC)c(OC)cc1CN1CCO[C@@H](c2cc3cc(F)ccc3cn2)C1. The topological polar surface area (TPSA) is 53.0 Å². The van der Waals surface area contributed by atoms with Crippen LogP contribution in [0.5, 0.6) is 17.2 Å². The zero-order chi connectivity index (χ0) is 21.1. The number of pyridine rings is 1. The van der Waals surface area contributed by atoms with Crippen LogP contribution >= 0.6 is 0 Å². The summed E-state index contributed by atoms with van der Waals surface area (Å²) in [5.74, 6) is 1.78. The number of aromatic nitrogens is 1. The Morgan fingerprint density at radius 3 is 2.53 bits per heavy atom. The molecule has 1 atom stereocenters. The van der Waals surface area contributed by atoms with Gasteiger partial charge in [-0.05, 0) is 35.7 Å². The molecule has 0 saturated carbocycles. The number of nitrogens with zero attached hydrogens (tertiary/aromatic N) is 2. The van der Waals surface area contributed by atoms with Gasteiger partial charge < -0.3 is 18.9 Å². The Morgan fingerprint density at radius 1 is 1.00 bits per heavy atom. The number of hydrogen-bond donors (Lipinski definition) is 0. The van der Waals surface area contributed by atoms with E-state index in [0.29, 0.717) is 31.2 Å². The van der Waals surface area contributed by atoms with Crippen molar-refractivity contribution in [2.75, 3.05) is 41.0 Å². The molecule has 0 radical (unpaired) electrons. The second kappa shape index (κ2) is 8.85. The highest BCUT2D eigenvalue weighted by molar-refractivity contribution is 5.82. The summed E-state index contributed by atoms with van der Waals surface area (Å²) >= 11 is 0. The highest BCUT2D eigenvalue weighted by Gasteiger charge is 2.25. The molecule has 0 N–H and O–H groups in total. The molecule has 3 aromatic rings. The lowest BCUT2D eigenvalue weighted by Crippen LogP contribution is -2.38. The van der Waals surface area contributed by atoms with Crippen LogP contribution in [-0.4, -0.2) is 50.9 Å². The van der Waals surface area contributed by atoms with E-state index in [4.69, 9.17) is 18.9 Å². The van der Waals surface area contributed by atoms with Crippen molar-refractivity contribution >= 4 is 10.8 Å². The average Bonchev–Trinajstić information content (AvgIpc) is 2.78. The van der Waals surface area contributed by atoms with Crippen LogP contribution in [0, 0.1) is 5.82 Å². The Balaban J connectivity index is 1.55. The van der Waals surface area contributed by atoms with E-state index in [1.165, 1.54) is 12.1 Å². The van der Waals surface area contributed by atoms with Crippen LogP contribution in [0.25, 0.3) is 10.8 Å². The van der Waals surface area contributed by atoms with Gasteiger partial charge in [0.15, 0.2) is 11.5 Å². The van der Waals surface area contributed by atoms with E-state index >= 15 is 0 Å². The molecule has 30 heavy (non-hydrogen) atoms. The van der Waals surface area contributed by atoms with Crippen molar-refractivity contribution in [2.24, 2.45) is 0 Å². The molecule has 1 saturated heterocycles. The second-order valence-electron chi connectivity index (χ2n) is 7.21. The Hall–Kier alpha value is -2.90. The number of benzene rings is 2. The van der Waals surface area contributed by atoms with Crippen molar-refractivity contribution in [1.29, 1.82) is 0 Å². The molecular formula is C23H25FN2O4. The maximum absolute atomic E-state index is 13.6. The first-order valence-electron chi connectivity index (χ1n) is 9.79. The van der Waals surface area contributed by atoms with Crippen molar-refractivity contribution in [2.45, 2.75) is 12.6 Å². The molecule has 4 rings (SSSR count). The fourth-order valence-corrected chi connectivity index (χ4v) is 3.79. The first-order valence-corrected chi connectivity index (χ1v) is 9.79. The fourth-order valence-electron chi connectivity index (χ4n) is 3.79. The van der Waals surface area contributed by atoms with Gasteiger partial charge in [-0.1, -0.05) is 0 Å². The summed E-state index contributed by atoms with van der Waals surface area (Å²) in [4.78, 5) is 6.84. The summed E-state index contributed by atoms with van der Waals surface area (Å²) in [5, 5.41) is 1.73. The van der Waals surface area contributed by atoms with Gasteiger partial charge in [0.25, 0.3) is 0 Å². The molecule has 1 aliphatic rings. The van der Waals surface area contributed by atoms with Gasteiger partial charge in [0, 0.05) is 42.8 Å². The van der Waals surface area contributed by atoms with Gasteiger partial charge in [0.05, 0.1) is 33.6 Å². The Morgan fingerprint density at radius 2 is 1.77 bits per heavy atom. The molecule has 0 amide bonds. The van der Waals surface area contributed by atoms with Crippen molar-refractivity contribution < 1.29 is 23.3 Å². The third-order valence-electron chi connectivity index (χ3n) is 5.37. The van der Waals surface area contributed by atoms with E-state index < -0.39 is 0 Å².